The molecule has 0 bridgehead atoms. The van der Waals surface area contributed by atoms with Crippen molar-refractivity contribution in [2.24, 2.45) is 11.5 Å². The van der Waals surface area contributed by atoms with E-state index in [1.54, 1.807) is 0 Å². The summed E-state index contributed by atoms with van der Waals surface area (Å²) in [6.45, 7) is -0.385. The molecule has 13 heteroatoms. The summed E-state index contributed by atoms with van der Waals surface area (Å²) in [5.41, 5.74) is 10.5. The molecule has 4 atom stereocenters. The van der Waals surface area contributed by atoms with Gasteiger partial charge in [0.05, 0.1) is 18.8 Å². The lowest BCUT2D eigenvalue weighted by atomic mass is 10.1. The van der Waals surface area contributed by atoms with Crippen LogP contribution in [0.4, 0.5) is 0 Å². The maximum absolute atomic E-state index is 12.2. The third-order valence-corrected chi connectivity index (χ3v) is 3.33. The highest BCUT2D eigenvalue weighted by molar-refractivity contribution is 5.94. The van der Waals surface area contributed by atoms with E-state index in [0.717, 1.165) is 0 Å². The molecule has 0 saturated carbocycles. The second-order valence-corrected chi connectivity index (χ2v) is 5.69. The molecule has 0 saturated heterocycles. The van der Waals surface area contributed by atoms with Gasteiger partial charge in [0.1, 0.15) is 18.6 Å². The molecule has 0 aromatic heterocycles. The Kier molecular flexibility index (Phi) is 10.6. The van der Waals surface area contributed by atoms with Crippen molar-refractivity contribution in [2.45, 2.75) is 44.0 Å². The Morgan fingerprint density at radius 2 is 1.63 bits per heavy atom. The third-order valence-electron chi connectivity index (χ3n) is 3.33. The number of carboxylic acid groups (broad SMARTS) is 1. The van der Waals surface area contributed by atoms with E-state index >= 15 is 0 Å². The number of carbonyl (C=O) groups is 5. The summed E-state index contributed by atoms with van der Waals surface area (Å²) in [5.74, 6) is -4.81. The second-order valence-electron chi connectivity index (χ2n) is 5.69. The molecule has 0 fully saturated rings. The van der Waals surface area contributed by atoms with Crippen molar-refractivity contribution in [1.82, 2.24) is 16.0 Å². The number of aliphatic hydroxyl groups excluding tert-OH is 2. The summed E-state index contributed by atoms with van der Waals surface area (Å²) in [4.78, 5) is 57.0. The van der Waals surface area contributed by atoms with Gasteiger partial charge in [0.15, 0.2) is 0 Å². The van der Waals surface area contributed by atoms with E-state index in [1.807, 2.05) is 5.32 Å². The molecule has 0 aromatic rings. The van der Waals surface area contributed by atoms with Gasteiger partial charge in [-0.15, -0.1) is 0 Å². The van der Waals surface area contributed by atoms with Gasteiger partial charge in [-0.05, 0) is 13.3 Å². The molecule has 154 valence electrons. The standard InChI is InChI=1S/C14H25N5O8/c1-6(21)11(19-12(25)7(15)2-3-9(16)22)14(27)18-8(5-20)13(26)17-4-10(23)24/h6-8,11,20-21H,2-5,15H2,1H3,(H2,16,22)(H,17,26)(H,18,27)(H,19,25)(H,23,24). The Morgan fingerprint density at radius 3 is 2.07 bits per heavy atom. The highest BCUT2D eigenvalue weighted by Crippen LogP contribution is 1.99. The topological polar surface area (TPSA) is 234 Å². The normalized spacial score (nSPS) is 15.0. The van der Waals surface area contributed by atoms with Gasteiger partial charge in [0.2, 0.25) is 23.6 Å². The number of aliphatic hydroxyl groups is 2. The van der Waals surface area contributed by atoms with Crippen LogP contribution in [-0.4, -0.2) is 82.3 Å². The van der Waals surface area contributed by atoms with Crippen LogP contribution in [0.2, 0.25) is 0 Å². The highest BCUT2D eigenvalue weighted by atomic mass is 16.4. The van der Waals surface area contributed by atoms with Crippen molar-refractivity contribution in [1.29, 1.82) is 0 Å². The van der Waals surface area contributed by atoms with E-state index in [2.05, 4.69) is 10.6 Å². The summed E-state index contributed by atoms with van der Waals surface area (Å²) in [5, 5.41) is 33.6. The van der Waals surface area contributed by atoms with E-state index in [4.69, 9.17) is 16.6 Å². The predicted octanol–water partition coefficient (Wildman–Crippen LogP) is -4.88. The lowest BCUT2D eigenvalue weighted by Crippen LogP contribution is -2.59. The lowest BCUT2D eigenvalue weighted by molar-refractivity contribution is -0.139. The van der Waals surface area contributed by atoms with Crippen molar-refractivity contribution in [3.05, 3.63) is 0 Å². The zero-order valence-corrected chi connectivity index (χ0v) is 14.7. The van der Waals surface area contributed by atoms with Crippen LogP contribution in [0.3, 0.4) is 0 Å². The first-order valence-electron chi connectivity index (χ1n) is 7.92. The van der Waals surface area contributed by atoms with Gasteiger partial charge in [0.25, 0.3) is 0 Å². The minimum absolute atomic E-state index is 0.0772. The smallest absolute Gasteiger partial charge is 0.322 e. The number of amides is 4. The molecule has 0 aliphatic carbocycles. The quantitative estimate of drug-likeness (QED) is 0.159. The summed E-state index contributed by atoms with van der Waals surface area (Å²) in [6, 6.07) is -4.18. The number of nitrogens with one attached hydrogen (secondary N) is 3. The van der Waals surface area contributed by atoms with Crippen LogP contribution in [0.5, 0.6) is 0 Å². The van der Waals surface area contributed by atoms with E-state index in [1.165, 1.54) is 6.92 Å². The van der Waals surface area contributed by atoms with Crippen LogP contribution in [0.15, 0.2) is 0 Å². The van der Waals surface area contributed by atoms with Crippen molar-refractivity contribution in [2.75, 3.05) is 13.2 Å². The Morgan fingerprint density at radius 1 is 1.04 bits per heavy atom. The SMILES string of the molecule is CC(O)C(NC(=O)C(N)CCC(N)=O)C(=O)NC(CO)C(=O)NCC(=O)O. The first kappa shape index (κ1) is 24.2. The molecule has 0 aliphatic heterocycles. The molecular formula is C14H25N5O8. The number of hydrogen-bond donors (Lipinski definition) is 8. The molecule has 0 aromatic carbocycles. The Labute approximate surface area is 154 Å². The van der Waals surface area contributed by atoms with Gasteiger partial charge in [-0.1, -0.05) is 0 Å². The van der Waals surface area contributed by atoms with Gasteiger partial charge in [-0.2, -0.15) is 0 Å². The summed E-state index contributed by atoms with van der Waals surface area (Å²) in [6.07, 6.45) is -1.62. The number of rotatable bonds is 12. The maximum atomic E-state index is 12.2. The summed E-state index contributed by atoms with van der Waals surface area (Å²) in [7, 11) is 0. The maximum Gasteiger partial charge on any atom is 0.322 e. The van der Waals surface area contributed by atoms with Crippen LogP contribution >= 0.6 is 0 Å². The van der Waals surface area contributed by atoms with Gasteiger partial charge in [0, 0.05) is 6.42 Å². The Balaban J connectivity index is 4.90. The molecule has 0 aliphatic rings. The average molecular weight is 391 g/mol. The first-order valence-corrected chi connectivity index (χ1v) is 7.92. The lowest BCUT2D eigenvalue weighted by Gasteiger charge is -2.24. The van der Waals surface area contributed by atoms with Gasteiger partial charge >= 0.3 is 5.97 Å². The number of hydrogen-bond acceptors (Lipinski definition) is 8. The average Bonchev–Trinajstić information content (AvgIpc) is 2.58. The van der Waals surface area contributed by atoms with Crippen LogP contribution in [0.1, 0.15) is 19.8 Å². The van der Waals surface area contributed by atoms with Crippen molar-refractivity contribution in [3.63, 3.8) is 0 Å². The van der Waals surface area contributed by atoms with Crippen LogP contribution < -0.4 is 27.4 Å². The Bertz CT molecular complexity index is 568. The monoisotopic (exact) mass is 391 g/mol. The fraction of sp³-hybridized carbons (Fsp3) is 0.643. The summed E-state index contributed by atoms with van der Waals surface area (Å²) < 4.78 is 0. The minimum Gasteiger partial charge on any atom is -0.480 e. The molecule has 4 amide bonds. The van der Waals surface area contributed by atoms with Gasteiger partial charge in [-0.25, -0.2) is 0 Å². The molecule has 0 radical (unpaired) electrons. The number of aliphatic carboxylic acids is 1. The van der Waals surface area contributed by atoms with E-state index < -0.39 is 67.0 Å². The number of nitrogens with two attached hydrogens (primary N) is 2. The Hall–Kier alpha value is -2.77. The van der Waals surface area contributed by atoms with E-state index in [-0.39, 0.29) is 12.8 Å². The molecular weight excluding hydrogens is 366 g/mol. The molecule has 10 N–H and O–H groups in total. The predicted molar refractivity (Wildman–Crippen MR) is 89.7 cm³/mol. The number of primary amides is 1. The molecule has 0 heterocycles. The molecule has 27 heavy (non-hydrogen) atoms. The fourth-order valence-electron chi connectivity index (χ4n) is 1.84. The second kappa shape index (κ2) is 11.8. The number of carboxylic acids is 1. The zero-order chi connectivity index (χ0) is 21.1. The third kappa shape index (κ3) is 9.48. The van der Waals surface area contributed by atoms with Crippen molar-refractivity contribution >= 4 is 29.6 Å². The first-order chi connectivity index (χ1) is 12.5. The molecule has 4 unspecified atom stereocenters. The van der Waals surface area contributed by atoms with Crippen molar-refractivity contribution in [3.8, 4) is 0 Å². The largest absolute Gasteiger partial charge is 0.480 e. The van der Waals surface area contributed by atoms with Gasteiger partial charge in [-0.3, -0.25) is 24.0 Å². The zero-order valence-electron chi connectivity index (χ0n) is 14.7. The molecule has 0 rings (SSSR count). The van der Waals surface area contributed by atoms with Crippen molar-refractivity contribution < 1.29 is 39.3 Å². The molecule has 0 spiro atoms. The van der Waals surface area contributed by atoms with E-state index in [9.17, 15) is 34.2 Å². The van der Waals surface area contributed by atoms with Crippen LogP contribution in [0, 0.1) is 0 Å². The highest BCUT2D eigenvalue weighted by Gasteiger charge is 2.30. The van der Waals surface area contributed by atoms with Crippen LogP contribution in [0.25, 0.3) is 0 Å². The molecule has 13 nitrogen and oxygen atoms in total. The fourth-order valence-corrected chi connectivity index (χ4v) is 1.84. The summed E-state index contributed by atoms with van der Waals surface area (Å²) >= 11 is 0. The number of carbonyl (C=O) groups excluding carboxylic acids is 4. The van der Waals surface area contributed by atoms with Crippen LogP contribution in [-0.2, 0) is 24.0 Å². The minimum atomic E-state index is -1.52. The van der Waals surface area contributed by atoms with E-state index in [0.29, 0.717) is 0 Å². The van der Waals surface area contributed by atoms with Gasteiger partial charge < -0.3 is 42.7 Å².